The SMILES string of the molecule is CC1(C)C2CNCC2CN1C(=O)C1CCC(=O)NC1. The molecule has 19 heavy (non-hydrogen) atoms. The standard InChI is InChI=1S/C14H23N3O2/c1-14(2)11-7-15-5-10(11)8-17(14)13(19)9-3-4-12(18)16-6-9/h9-11,15H,3-8H2,1-2H3,(H,16,18). The van der Waals surface area contributed by atoms with Gasteiger partial charge in [0, 0.05) is 38.1 Å². The third kappa shape index (κ3) is 2.04. The molecule has 0 aromatic rings. The number of rotatable bonds is 1. The Balaban J connectivity index is 1.72. The molecule has 0 aliphatic carbocycles. The first kappa shape index (κ1) is 12.9. The van der Waals surface area contributed by atoms with Gasteiger partial charge in [-0.3, -0.25) is 9.59 Å². The van der Waals surface area contributed by atoms with Crippen LogP contribution in [0.5, 0.6) is 0 Å². The predicted molar refractivity (Wildman–Crippen MR) is 71.4 cm³/mol. The average molecular weight is 265 g/mol. The van der Waals surface area contributed by atoms with Crippen molar-refractivity contribution in [3.8, 4) is 0 Å². The van der Waals surface area contributed by atoms with Crippen LogP contribution in [-0.2, 0) is 9.59 Å². The van der Waals surface area contributed by atoms with Gasteiger partial charge in [-0.25, -0.2) is 0 Å². The molecule has 3 aliphatic heterocycles. The van der Waals surface area contributed by atoms with Crippen LogP contribution in [0.15, 0.2) is 0 Å². The fourth-order valence-corrected chi connectivity index (χ4v) is 3.96. The molecule has 5 nitrogen and oxygen atoms in total. The monoisotopic (exact) mass is 265 g/mol. The molecule has 3 aliphatic rings. The molecular weight excluding hydrogens is 242 g/mol. The van der Waals surface area contributed by atoms with Crippen molar-refractivity contribution in [1.29, 1.82) is 0 Å². The van der Waals surface area contributed by atoms with Crippen LogP contribution in [0.1, 0.15) is 26.7 Å². The quantitative estimate of drug-likeness (QED) is 0.700. The lowest BCUT2D eigenvalue weighted by Crippen LogP contribution is -2.52. The normalized spacial score (nSPS) is 37.1. The van der Waals surface area contributed by atoms with E-state index in [0.717, 1.165) is 19.6 Å². The third-order valence-electron chi connectivity index (χ3n) is 5.24. The van der Waals surface area contributed by atoms with Crippen LogP contribution in [0.2, 0.25) is 0 Å². The fraction of sp³-hybridized carbons (Fsp3) is 0.857. The Morgan fingerprint density at radius 1 is 1.32 bits per heavy atom. The molecule has 0 spiro atoms. The highest BCUT2D eigenvalue weighted by Gasteiger charge is 2.52. The summed E-state index contributed by atoms with van der Waals surface area (Å²) >= 11 is 0. The lowest BCUT2D eigenvalue weighted by atomic mass is 9.84. The summed E-state index contributed by atoms with van der Waals surface area (Å²) in [7, 11) is 0. The predicted octanol–water partition coefficient (Wildman–Crippen LogP) is -0.0310. The van der Waals surface area contributed by atoms with E-state index >= 15 is 0 Å². The van der Waals surface area contributed by atoms with Gasteiger partial charge in [-0.1, -0.05) is 0 Å². The van der Waals surface area contributed by atoms with E-state index in [1.165, 1.54) is 0 Å². The Labute approximate surface area is 114 Å². The maximum atomic E-state index is 12.7. The zero-order valence-corrected chi connectivity index (χ0v) is 11.7. The van der Waals surface area contributed by atoms with Crippen LogP contribution in [0.4, 0.5) is 0 Å². The molecule has 5 heteroatoms. The summed E-state index contributed by atoms with van der Waals surface area (Å²) in [5.41, 5.74) is -0.0628. The van der Waals surface area contributed by atoms with E-state index in [2.05, 4.69) is 29.4 Å². The van der Waals surface area contributed by atoms with Crippen LogP contribution in [0.3, 0.4) is 0 Å². The van der Waals surface area contributed by atoms with E-state index in [4.69, 9.17) is 0 Å². The minimum Gasteiger partial charge on any atom is -0.355 e. The molecular formula is C14H23N3O2. The molecule has 106 valence electrons. The largest absolute Gasteiger partial charge is 0.355 e. The zero-order valence-electron chi connectivity index (χ0n) is 11.7. The van der Waals surface area contributed by atoms with Crippen molar-refractivity contribution in [1.82, 2.24) is 15.5 Å². The number of hydrogen-bond donors (Lipinski definition) is 2. The molecule has 2 amide bonds. The zero-order chi connectivity index (χ0) is 13.6. The summed E-state index contributed by atoms with van der Waals surface area (Å²) in [4.78, 5) is 26.0. The van der Waals surface area contributed by atoms with Crippen molar-refractivity contribution in [2.24, 2.45) is 17.8 Å². The minimum atomic E-state index is -0.0628. The fourth-order valence-electron chi connectivity index (χ4n) is 3.96. The van der Waals surface area contributed by atoms with Gasteiger partial charge in [-0.15, -0.1) is 0 Å². The first-order valence-electron chi connectivity index (χ1n) is 7.29. The summed E-state index contributed by atoms with van der Waals surface area (Å²) in [6, 6.07) is 0. The van der Waals surface area contributed by atoms with Crippen LogP contribution < -0.4 is 10.6 Å². The molecule has 0 bridgehead atoms. The molecule has 3 heterocycles. The summed E-state index contributed by atoms with van der Waals surface area (Å²) in [5.74, 6) is 1.45. The Kier molecular flexibility index (Phi) is 3.04. The molecule has 0 saturated carbocycles. The van der Waals surface area contributed by atoms with E-state index in [9.17, 15) is 9.59 Å². The number of nitrogens with zero attached hydrogens (tertiary/aromatic N) is 1. The van der Waals surface area contributed by atoms with Crippen molar-refractivity contribution >= 4 is 11.8 Å². The van der Waals surface area contributed by atoms with Crippen LogP contribution >= 0.6 is 0 Å². The van der Waals surface area contributed by atoms with Gasteiger partial charge >= 0.3 is 0 Å². The molecule has 2 N–H and O–H groups in total. The number of piperidine rings is 1. The molecule has 3 saturated heterocycles. The lowest BCUT2D eigenvalue weighted by Gasteiger charge is -2.38. The number of carbonyl (C=O) groups excluding carboxylic acids is 2. The van der Waals surface area contributed by atoms with Crippen molar-refractivity contribution in [3.63, 3.8) is 0 Å². The number of carbonyl (C=O) groups is 2. The molecule has 0 aromatic heterocycles. The maximum Gasteiger partial charge on any atom is 0.227 e. The summed E-state index contributed by atoms with van der Waals surface area (Å²) < 4.78 is 0. The Morgan fingerprint density at radius 3 is 2.74 bits per heavy atom. The molecule has 0 aromatic carbocycles. The van der Waals surface area contributed by atoms with Crippen molar-refractivity contribution in [2.75, 3.05) is 26.2 Å². The molecule has 0 radical (unpaired) electrons. The molecule has 3 atom stereocenters. The van der Waals surface area contributed by atoms with Gasteiger partial charge in [0.2, 0.25) is 11.8 Å². The van der Waals surface area contributed by atoms with Crippen LogP contribution in [-0.4, -0.2) is 48.4 Å². The van der Waals surface area contributed by atoms with Gasteiger partial charge in [0.15, 0.2) is 0 Å². The molecule has 3 rings (SSSR count). The molecule has 3 unspecified atom stereocenters. The molecule has 3 fully saturated rings. The number of nitrogens with one attached hydrogen (secondary N) is 2. The van der Waals surface area contributed by atoms with E-state index in [1.807, 2.05) is 0 Å². The second-order valence-corrected chi connectivity index (χ2v) is 6.67. The average Bonchev–Trinajstić information content (AvgIpc) is 2.92. The topological polar surface area (TPSA) is 61.4 Å². The van der Waals surface area contributed by atoms with Gasteiger partial charge in [-0.2, -0.15) is 0 Å². The Morgan fingerprint density at radius 2 is 2.11 bits per heavy atom. The lowest BCUT2D eigenvalue weighted by molar-refractivity contribution is -0.141. The van der Waals surface area contributed by atoms with Crippen molar-refractivity contribution in [2.45, 2.75) is 32.2 Å². The van der Waals surface area contributed by atoms with Gasteiger partial charge in [0.05, 0.1) is 5.92 Å². The summed E-state index contributed by atoms with van der Waals surface area (Å²) in [5, 5.41) is 6.25. The van der Waals surface area contributed by atoms with Gasteiger partial charge in [-0.05, 0) is 32.1 Å². The van der Waals surface area contributed by atoms with Crippen LogP contribution in [0.25, 0.3) is 0 Å². The first-order chi connectivity index (χ1) is 9.00. The maximum absolute atomic E-state index is 12.7. The van der Waals surface area contributed by atoms with Gasteiger partial charge < -0.3 is 15.5 Å². The Hall–Kier alpha value is -1.10. The Bertz CT molecular complexity index is 397. The highest BCUT2D eigenvalue weighted by Crippen LogP contribution is 2.41. The summed E-state index contributed by atoms with van der Waals surface area (Å²) in [6.45, 7) is 7.79. The van der Waals surface area contributed by atoms with Gasteiger partial charge in [0.1, 0.15) is 0 Å². The van der Waals surface area contributed by atoms with E-state index in [0.29, 0.717) is 31.2 Å². The number of likely N-dealkylation sites (tertiary alicyclic amines) is 1. The second kappa shape index (κ2) is 4.47. The third-order valence-corrected chi connectivity index (χ3v) is 5.24. The smallest absolute Gasteiger partial charge is 0.227 e. The van der Waals surface area contributed by atoms with E-state index in [-0.39, 0.29) is 23.3 Å². The minimum absolute atomic E-state index is 0.0243. The summed E-state index contributed by atoms with van der Waals surface area (Å²) in [6.07, 6.45) is 1.18. The van der Waals surface area contributed by atoms with Crippen molar-refractivity contribution in [3.05, 3.63) is 0 Å². The van der Waals surface area contributed by atoms with Crippen molar-refractivity contribution < 1.29 is 9.59 Å². The number of amides is 2. The van der Waals surface area contributed by atoms with E-state index in [1.54, 1.807) is 0 Å². The first-order valence-corrected chi connectivity index (χ1v) is 7.29. The second-order valence-electron chi connectivity index (χ2n) is 6.67. The van der Waals surface area contributed by atoms with Crippen LogP contribution in [0, 0.1) is 17.8 Å². The number of fused-ring (bicyclic) bond motifs is 1. The highest BCUT2D eigenvalue weighted by molar-refractivity contribution is 5.84. The number of hydrogen-bond acceptors (Lipinski definition) is 3. The van der Waals surface area contributed by atoms with E-state index < -0.39 is 0 Å². The van der Waals surface area contributed by atoms with Gasteiger partial charge in [0.25, 0.3) is 0 Å². The highest BCUT2D eigenvalue weighted by atomic mass is 16.2.